The molecule has 0 bridgehead atoms. The Hall–Kier alpha value is -1.84. The summed E-state index contributed by atoms with van der Waals surface area (Å²) in [5.74, 6) is 0.468. The van der Waals surface area contributed by atoms with Crippen molar-refractivity contribution in [2.75, 3.05) is 5.73 Å². The van der Waals surface area contributed by atoms with E-state index in [9.17, 15) is 0 Å². The molecule has 2 heterocycles. The predicted octanol–water partition coefficient (Wildman–Crippen LogP) is 1.34. The van der Waals surface area contributed by atoms with Crippen LogP contribution in [0.25, 0.3) is 0 Å². The summed E-state index contributed by atoms with van der Waals surface area (Å²) >= 11 is 0. The van der Waals surface area contributed by atoms with Crippen molar-refractivity contribution in [2.24, 2.45) is 0 Å². The largest absolute Gasteiger partial charge is 0.449 e. The predicted molar refractivity (Wildman–Crippen MR) is 45.2 cm³/mol. The molecule has 0 amide bonds. The molecule has 2 aromatic rings. The van der Waals surface area contributed by atoms with Crippen LogP contribution in [0.3, 0.4) is 0 Å². The normalized spacial score (nSPS) is 8.33. The van der Waals surface area contributed by atoms with Crippen LogP contribution in [0.15, 0.2) is 47.6 Å². The van der Waals surface area contributed by atoms with Gasteiger partial charge in [-0.2, -0.15) is 0 Å². The van der Waals surface area contributed by atoms with Gasteiger partial charge in [0.25, 0.3) is 0 Å². The Morgan fingerprint density at radius 2 is 1.92 bits per heavy atom. The van der Waals surface area contributed by atoms with E-state index in [-0.39, 0.29) is 0 Å². The van der Waals surface area contributed by atoms with Gasteiger partial charge in [0, 0.05) is 18.5 Å². The summed E-state index contributed by atoms with van der Waals surface area (Å²) in [6.45, 7) is 0. The highest BCUT2D eigenvalue weighted by atomic mass is 16.3. The number of nitrogens with zero attached hydrogens (tertiary/aromatic N) is 2. The minimum absolute atomic E-state index is 0.468. The molecule has 4 nitrogen and oxygen atoms in total. The monoisotopic (exact) mass is 163 g/mol. The van der Waals surface area contributed by atoms with Gasteiger partial charge in [-0.1, -0.05) is 0 Å². The number of hydrogen-bond donors (Lipinski definition) is 1. The third kappa shape index (κ3) is 3.36. The van der Waals surface area contributed by atoms with E-state index in [0.29, 0.717) is 5.88 Å². The van der Waals surface area contributed by atoms with Crippen LogP contribution >= 0.6 is 0 Å². The first-order chi connectivity index (χ1) is 5.89. The number of nitrogens with two attached hydrogens (primary N) is 1. The lowest BCUT2D eigenvalue weighted by Gasteiger charge is -1.70. The molecule has 0 aliphatic rings. The van der Waals surface area contributed by atoms with Crippen molar-refractivity contribution in [1.82, 2.24) is 9.97 Å². The molecule has 0 aliphatic heterocycles. The van der Waals surface area contributed by atoms with E-state index in [1.807, 2.05) is 0 Å². The second kappa shape index (κ2) is 4.90. The van der Waals surface area contributed by atoms with Crippen LogP contribution in [-0.2, 0) is 0 Å². The van der Waals surface area contributed by atoms with Crippen molar-refractivity contribution in [3.05, 3.63) is 43.2 Å². The second-order valence-electron chi connectivity index (χ2n) is 1.92. The van der Waals surface area contributed by atoms with Crippen molar-refractivity contribution in [2.45, 2.75) is 0 Å². The molecule has 2 aromatic heterocycles. The zero-order valence-electron chi connectivity index (χ0n) is 6.42. The number of aromatic nitrogens is 2. The molecule has 12 heavy (non-hydrogen) atoms. The summed E-state index contributed by atoms with van der Waals surface area (Å²) < 4.78 is 4.61. The van der Waals surface area contributed by atoms with Gasteiger partial charge in [-0.05, 0) is 12.1 Å². The Kier molecular flexibility index (Phi) is 3.37. The molecule has 2 N–H and O–H groups in total. The Morgan fingerprint density at radius 3 is 2.08 bits per heavy atom. The van der Waals surface area contributed by atoms with Gasteiger partial charge >= 0.3 is 0 Å². The minimum Gasteiger partial charge on any atom is -0.449 e. The third-order valence-corrected chi connectivity index (χ3v) is 1.02. The summed E-state index contributed by atoms with van der Waals surface area (Å²) in [6, 6.07) is 5.22. The SMILES string of the molecule is Nc1ccco1.c1cncnc1. The van der Waals surface area contributed by atoms with Gasteiger partial charge in [-0.15, -0.1) is 0 Å². The highest BCUT2D eigenvalue weighted by Gasteiger charge is 1.76. The quantitative estimate of drug-likeness (QED) is 0.636. The van der Waals surface area contributed by atoms with Crippen LogP contribution in [-0.4, -0.2) is 9.97 Å². The molecule has 0 saturated heterocycles. The van der Waals surface area contributed by atoms with E-state index in [0.717, 1.165) is 0 Å². The maximum atomic E-state index is 5.11. The first-order valence-electron chi connectivity index (χ1n) is 3.38. The number of anilines is 1. The molecule has 0 atom stereocenters. The molecular formula is C8H9N3O. The number of hydrogen-bond acceptors (Lipinski definition) is 4. The van der Waals surface area contributed by atoms with E-state index >= 15 is 0 Å². The standard InChI is InChI=1S/C4H4N2.C4H5NO/c1-2-5-4-6-3-1;5-4-2-1-3-6-4/h1-4H;1-3H,5H2. The van der Waals surface area contributed by atoms with Crippen LogP contribution in [0.4, 0.5) is 5.88 Å². The van der Waals surface area contributed by atoms with Crippen molar-refractivity contribution in [3.8, 4) is 0 Å². The molecule has 0 spiro atoms. The summed E-state index contributed by atoms with van der Waals surface area (Å²) in [5.41, 5.74) is 5.11. The highest BCUT2D eigenvalue weighted by Crippen LogP contribution is 1.97. The fourth-order valence-electron chi connectivity index (χ4n) is 0.545. The Labute approximate surface area is 70.1 Å². The number of furan rings is 1. The Bertz CT molecular complexity index is 254. The summed E-state index contributed by atoms with van der Waals surface area (Å²) in [6.07, 6.45) is 6.41. The fourth-order valence-corrected chi connectivity index (χ4v) is 0.545. The highest BCUT2D eigenvalue weighted by molar-refractivity contribution is 5.20. The molecule has 2 rings (SSSR count). The average molecular weight is 163 g/mol. The Morgan fingerprint density at radius 1 is 1.17 bits per heavy atom. The number of rotatable bonds is 0. The smallest absolute Gasteiger partial charge is 0.190 e. The lowest BCUT2D eigenvalue weighted by molar-refractivity contribution is 0.588. The fraction of sp³-hybridized carbons (Fsp3) is 0. The van der Waals surface area contributed by atoms with E-state index in [1.165, 1.54) is 12.6 Å². The van der Waals surface area contributed by atoms with Crippen LogP contribution in [0.5, 0.6) is 0 Å². The third-order valence-electron chi connectivity index (χ3n) is 1.02. The zero-order chi connectivity index (χ0) is 8.65. The maximum absolute atomic E-state index is 5.11. The zero-order valence-corrected chi connectivity index (χ0v) is 6.42. The van der Waals surface area contributed by atoms with Gasteiger partial charge in [0.1, 0.15) is 6.33 Å². The number of nitrogen functional groups attached to an aromatic ring is 1. The lowest BCUT2D eigenvalue weighted by Crippen LogP contribution is -1.74. The molecule has 0 aromatic carbocycles. The summed E-state index contributed by atoms with van der Waals surface area (Å²) in [5, 5.41) is 0. The minimum atomic E-state index is 0.468. The van der Waals surface area contributed by atoms with Crippen molar-refractivity contribution in [1.29, 1.82) is 0 Å². The Balaban J connectivity index is 0.000000120. The van der Waals surface area contributed by atoms with Gasteiger partial charge in [0.05, 0.1) is 6.26 Å². The van der Waals surface area contributed by atoms with Gasteiger partial charge in [0.2, 0.25) is 0 Å². The topological polar surface area (TPSA) is 64.9 Å². The van der Waals surface area contributed by atoms with Gasteiger partial charge < -0.3 is 10.2 Å². The van der Waals surface area contributed by atoms with Crippen LogP contribution in [0.1, 0.15) is 0 Å². The molecule has 0 saturated carbocycles. The molecule has 0 aliphatic carbocycles. The maximum Gasteiger partial charge on any atom is 0.190 e. The van der Waals surface area contributed by atoms with Crippen LogP contribution in [0.2, 0.25) is 0 Å². The van der Waals surface area contributed by atoms with Gasteiger partial charge in [-0.3, -0.25) is 0 Å². The molecular weight excluding hydrogens is 154 g/mol. The molecule has 0 unspecified atom stereocenters. The molecule has 0 fully saturated rings. The molecule has 62 valence electrons. The van der Waals surface area contributed by atoms with E-state index in [4.69, 9.17) is 5.73 Å². The van der Waals surface area contributed by atoms with Gasteiger partial charge in [-0.25, -0.2) is 9.97 Å². The van der Waals surface area contributed by atoms with E-state index in [1.54, 1.807) is 30.6 Å². The van der Waals surface area contributed by atoms with E-state index in [2.05, 4.69) is 14.4 Å². The van der Waals surface area contributed by atoms with Crippen LogP contribution < -0.4 is 5.73 Å². The average Bonchev–Trinajstić information content (AvgIpc) is 2.60. The lowest BCUT2D eigenvalue weighted by atomic mass is 10.6. The molecule has 0 radical (unpaired) electrons. The first-order valence-corrected chi connectivity index (χ1v) is 3.38. The summed E-state index contributed by atoms with van der Waals surface area (Å²) in [7, 11) is 0. The van der Waals surface area contributed by atoms with Crippen LogP contribution in [0, 0.1) is 0 Å². The second-order valence-corrected chi connectivity index (χ2v) is 1.92. The van der Waals surface area contributed by atoms with Crippen molar-refractivity contribution < 1.29 is 4.42 Å². The van der Waals surface area contributed by atoms with Crippen molar-refractivity contribution in [3.63, 3.8) is 0 Å². The first kappa shape index (κ1) is 8.26. The molecule has 4 heteroatoms. The van der Waals surface area contributed by atoms with Crippen molar-refractivity contribution >= 4 is 5.88 Å². The van der Waals surface area contributed by atoms with E-state index < -0.39 is 0 Å². The van der Waals surface area contributed by atoms with Gasteiger partial charge in [0.15, 0.2) is 5.88 Å². The summed E-state index contributed by atoms with van der Waals surface area (Å²) in [4.78, 5) is 7.35.